The van der Waals surface area contributed by atoms with E-state index in [0.717, 1.165) is 24.9 Å². The molecule has 1 heterocycles. The predicted molar refractivity (Wildman–Crippen MR) is 92.5 cm³/mol. The molecule has 6 heteroatoms. The Morgan fingerprint density at radius 2 is 1.81 bits per heavy atom. The van der Waals surface area contributed by atoms with E-state index in [2.05, 4.69) is 29.4 Å². The van der Waals surface area contributed by atoms with Gasteiger partial charge in [-0.1, -0.05) is 6.92 Å². The maximum Gasteiger partial charge on any atom is 0.234 e. The second-order valence-electron chi connectivity index (χ2n) is 6.45. The summed E-state index contributed by atoms with van der Waals surface area (Å²) in [6.07, 6.45) is 5.25. The lowest BCUT2D eigenvalue weighted by Gasteiger charge is -2.35. The summed E-state index contributed by atoms with van der Waals surface area (Å²) < 4.78 is 0. The zero-order valence-electron chi connectivity index (χ0n) is 13.3. The molecule has 0 radical (unpaired) electrons. The van der Waals surface area contributed by atoms with E-state index in [4.69, 9.17) is 0 Å². The first-order valence-corrected chi connectivity index (χ1v) is 7.86. The fraction of sp³-hybridized carbons (Fsp3) is 0.933. The smallest absolute Gasteiger partial charge is 0.234 e. The van der Waals surface area contributed by atoms with Gasteiger partial charge in [-0.05, 0) is 64.1 Å². The molecule has 0 spiro atoms. The molecule has 0 bridgehead atoms. The van der Waals surface area contributed by atoms with Crippen LogP contribution in [0.4, 0.5) is 0 Å². The van der Waals surface area contributed by atoms with Gasteiger partial charge < -0.3 is 10.6 Å². The molecule has 21 heavy (non-hydrogen) atoms. The topological polar surface area (TPSA) is 44.4 Å². The number of hydrogen-bond donors (Lipinski definition) is 2. The maximum absolute atomic E-state index is 11.7. The lowest BCUT2D eigenvalue weighted by atomic mass is 9.98. The molecule has 1 atom stereocenters. The summed E-state index contributed by atoms with van der Waals surface area (Å²) in [4.78, 5) is 14.2. The highest BCUT2D eigenvalue weighted by Gasteiger charge is 2.21. The molecule has 4 nitrogen and oxygen atoms in total. The molecular weight excluding hydrogens is 309 g/mol. The third kappa shape index (κ3) is 8.24. The van der Waals surface area contributed by atoms with Crippen molar-refractivity contribution < 1.29 is 4.79 Å². The number of rotatable bonds is 7. The Hall–Kier alpha value is -0.0300. The second-order valence-corrected chi connectivity index (χ2v) is 6.45. The van der Waals surface area contributed by atoms with Crippen molar-refractivity contribution in [3.63, 3.8) is 0 Å². The van der Waals surface area contributed by atoms with E-state index in [1.807, 2.05) is 0 Å². The SMILES string of the molecule is CC1CCN(C(C)CNC(=O)CNCC2CC2)CC1.Cl.Cl. The number of halogens is 2. The zero-order chi connectivity index (χ0) is 13.7. The molecule has 1 saturated heterocycles. The average Bonchev–Trinajstić information content (AvgIpc) is 3.21. The summed E-state index contributed by atoms with van der Waals surface area (Å²) in [7, 11) is 0. The summed E-state index contributed by atoms with van der Waals surface area (Å²) in [6.45, 7) is 9.16. The minimum Gasteiger partial charge on any atom is -0.353 e. The third-order valence-corrected chi connectivity index (χ3v) is 4.45. The van der Waals surface area contributed by atoms with Gasteiger partial charge in [0.25, 0.3) is 0 Å². The molecular formula is C15H31Cl2N3O. The van der Waals surface area contributed by atoms with Crippen LogP contribution in [0.3, 0.4) is 0 Å². The Balaban J connectivity index is 0.00000200. The van der Waals surface area contributed by atoms with Crippen LogP contribution in [-0.2, 0) is 4.79 Å². The zero-order valence-corrected chi connectivity index (χ0v) is 14.9. The highest BCUT2D eigenvalue weighted by molar-refractivity contribution is 5.85. The Morgan fingerprint density at radius 3 is 2.38 bits per heavy atom. The van der Waals surface area contributed by atoms with Crippen LogP contribution < -0.4 is 10.6 Å². The third-order valence-electron chi connectivity index (χ3n) is 4.45. The van der Waals surface area contributed by atoms with Gasteiger partial charge in [0.15, 0.2) is 0 Å². The first-order valence-electron chi connectivity index (χ1n) is 7.86. The maximum atomic E-state index is 11.7. The molecule has 2 fully saturated rings. The van der Waals surface area contributed by atoms with Crippen LogP contribution >= 0.6 is 24.8 Å². The van der Waals surface area contributed by atoms with Crippen LogP contribution in [0.2, 0.25) is 0 Å². The van der Waals surface area contributed by atoms with Crippen molar-refractivity contribution in [1.29, 1.82) is 0 Å². The van der Waals surface area contributed by atoms with Gasteiger partial charge >= 0.3 is 0 Å². The number of likely N-dealkylation sites (tertiary alicyclic amines) is 1. The fourth-order valence-corrected chi connectivity index (χ4v) is 2.63. The fourth-order valence-electron chi connectivity index (χ4n) is 2.63. The number of nitrogens with one attached hydrogen (secondary N) is 2. The van der Waals surface area contributed by atoms with E-state index in [0.29, 0.717) is 12.6 Å². The standard InChI is InChI=1S/C15H29N3O.2ClH/c1-12-5-7-18(8-6-12)13(2)9-17-15(19)11-16-10-14-3-4-14;;/h12-14,16H,3-11H2,1-2H3,(H,17,19);2*1H. The number of piperidine rings is 1. The van der Waals surface area contributed by atoms with Gasteiger partial charge in [-0.15, -0.1) is 24.8 Å². The molecule has 0 aromatic rings. The number of amides is 1. The van der Waals surface area contributed by atoms with Crippen LogP contribution in [0.25, 0.3) is 0 Å². The minimum atomic E-state index is 0. The highest BCUT2D eigenvalue weighted by Crippen LogP contribution is 2.27. The Labute approximate surface area is 141 Å². The lowest BCUT2D eigenvalue weighted by Crippen LogP contribution is -2.46. The van der Waals surface area contributed by atoms with Crippen molar-refractivity contribution in [2.45, 2.75) is 45.6 Å². The minimum absolute atomic E-state index is 0. The molecule has 1 saturated carbocycles. The van der Waals surface area contributed by atoms with Crippen molar-refractivity contribution in [2.75, 3.05) is 32.7 Å². The van der Waals surface area contributed by atoms with Gasteiger partial charge in [0.05, 0.1) is 6.54 Å². The Bertz CT molecular complexity index is 293. The number of hydrogen-bond acceptors (Lipinski definition) is 3. The number of nitrogens with zero attached hydrogens (tertiary/aromatic N) is 1. The van der Waals surface area contributed by atoms with E-state index in [1.165, 1.54) is 38.8 Å². The average molecular weight is 340 g/mol. The first-order chi connectivity index (χ1) is 9.15. The number of carbonyl (C=O) groups is 1. The second kappa shape index (κ2) is 10.7. The monoisotopic (exact) mass is 339 g/mol. The molecule has 1 amide bonds. The normalized spacial score (nSPS) is 21.0. The van der Waals surface area contributed by atoms with Crippen LogP contribution in [0.1, 0.15) is 39.5 Å². The van der Waals surface area contributed by atoms with Gasteiger partial charge in [0.2, 0.25) is 5.91 Å². The molecule has 0 aromatic carbocycles. The summed E-state index contributed by atoms with van der Waals surface area (Å²) in [6, 6.07) is 0.458. The molecule has 2 rings (SSSR count). The van der Waals surface area contributed by atoms with Gasteiger partial charge in [-0.2, -0.15) is 0 Å². The van der Waals surface area contributed by atoms with Gasteiger partial charge in [-0.25, -0.2) is 0 Å². The molecule has 2 aliphatic rings. The van der Waals surface area contributed by atoms with Crippen LogP contribution in [0.5, 0.6) is 0 Å². The van der Waals surface area contributed by atoms with E-state index in [1.54, 1.807) is 0 Å². The first kappa shape index (κ1) is 21.0. The van der Waals surface area contributed by atoms with Crippen molar-refractivity contribution in [2.24, 2.45) is 11.8 Å². The van der Waals surface area contributed by atoms with Crippen LogP contribution in [0.15, 0.2) is 0 Å². The summed E-state index contributed by atoms with van der Waals surface area (Å²) in [5.41, 5.74) is 0. The lowest BCUT2D eigenvalue weighted by molar-refractivity contribution is -0.120. The molecule has 126 valence electrons. The Kier molecular flexibility index (Phi) is 10.6. The van der Waals surface area contributed by atoms with Crippen molar-refractivity contribution in [1.82, 2.24) is 15.5 Å². The van der Waals surface area contributed by atoms with E-state index in [9.17, 15) is 4.79 Å². The van der Waals surface area contributed by atoms with Crippen LogP contribution in [0, 0.1) is 11.8 Å². The largest absolute Gasteiger partial charge is 0.353 e. The summed E-state index contributed by atoms with van der Waals surface area (Å²) >= 11 is 0. The van der Waals surface area contributed by atoms with Gasteiger partial charge in [-0.3, -0.25) is 9.69 Å². The molecule has 1 aliphatic carbocycles. The Morgan fingerprint density at radius 1 is 1.19 bits per heavy atom. The summed E-state index contributed by atoms with van der Waals surface area (Å²) in [5.74, 6) is 1.84. The van der Waals surface area contributed by atoms with Crippen LogP contribution in [-0.4, -0.2) is 49.6 Å². The van der Waals surface area contributed by atoms with Crippen molar-refractivity contribution in [3.05, 3.63) is 0 Å². The summed E-state index contributed by atoms with van der Waals surface area (Å²) in [5, 5.41) is 6.27. The van der Waals surface area contributed by atoms with Gasteiger partial charge in [0, 0.05) is 12.6 Å². The molecule has 0 aromatic heterocycles. The van der Waals surface area contributed by atoms with Crippen molar-refractivity contribution in [3.8, 4) is 0 Å². The quantitative estimate of drug-likeness (QED) is 0.746. The predicted octanol–water partition coefficient (Wildman–Crippen LogP) is 2.07. The van der Waals surface area contributed by atoms with Crippen molar-refractivity contribution >= 4 is 30.7 Å². The van der Waals surface area contributed by atoms with E-state index in [-0.39, 0.29) is 30.7 Å². The highest BCUT2D eigenvalue weighted by atomic mass is 35.5. The van der Waals surface area contributed by atoms with E-state index >= 15 is 0 Å². The van der Waals surface area contributed by atoms with Gasteiger partial charge in [0.1, 0.15) is 0 Å². The van der Waals surface area contributed by atoms with E-state index < -0.39 is 0 Å². The molecule has 1 unspecified atom stereocenters. The molecule has 1 aliphatic heterocycles. The molecule has 2 N–H and O–H groups in total. The number of carbonyl (C=O) groups excluding carboxylic acids is 1.